The lowest BCUT2D eigenvalue weighted by Gasteiger charge is -2.24. The number of hydrogen-bond acceptors (Lipinski definition) is 6. The molecule has 1 aliphatic heterocycles. The number of nitrogens with zero attached hydrogens (tertiary/aromatic N) is 2. The molecule has 0 radical (unpaired) electrons. The molecule has 3 aromatic heterocycles. The summed E-state index contributed by atoms with van der Waals surface area (Å²) >= 11 is 3.00. The van der Waals surface area contributed by atoms with E-state index >= 15 is 0 Å². The van der Waals surface area contributed by atoms with Crippen molar-refractivity contribution in [3.63, 3.8) is 0 Å². The van der Waals surface area contributed by atoms with E-state index in [0.717, 1.165) is 15.4 Å². The van der Waals surface area contributed by atoms with Crippen LogP contribution in [0.4, 0.5) is 5.13 Å². The SMILES string of the molecule is O=C(Nc1nc2c(s1)CN(C(=O)/C=C/c1cccs1)CC2)c1ccoc1. The quantitative estimate of drug-likeness (QED) is 0.696. The lowest BCUT2D eigenvalue weighted by Crippen LogP contribution is -2.34. The first kappa shape index (κ1) is 16.7. The molecule has 4 rings (SSSR count). The molecule has 4 heterocycles. The average molecular weight is 385 g/mol. The van der Waals surface area contributed by atoms with E-state index in [-0.39, 0.29) is 11.8 Å². The molecule has 0 atom stereocenters. The van der Waals surface area contributed by atoms with Crippen LogP contribution >= 0.6 is 22.7 Å². The summed E-state index contributed by atoms with van der Waals surface area (Å²) in [5, 5.41) is 5.31. The fourth-order valence-electron chi connectivity index (χ4n) is 2.64. The Morgan fingerprint density at radius 2 is 2.27 bits per heavy atom. The number of anilines is 1. The van der Waals surface area contributed by atoms with Crippen LogP contribution in [-0.4, -0.2) is 28.2 Å². The highest BCUT2D eigenvalue weighted by Gasteiger charge is 2.23. The summed E-state index contributed by atoms with van der Waals surface area (Å²) in [6, 6.07) is 5.53. The van der Waals surface area contributed by atoms with Gasteiger partial charge in [0.1, 0.15) is 6.26 Å². The average Bonchev–Trinajstić information content (AvgIpc) is 3.39. The number of aromatic nitrogens is 1. The number of thiophene rings is 1. The van der Waals surface area contributed by atoms with Gasteiger partial charge in [0.2, 0.25) is 5.91 Å². The summed E-state index contributed by atoms with van der Waals surface area (Å²) in [7, 11) is 0. The molecule has 0 saturated carbocycles. The van der Waals surface area contributed by atoms with E-state index in [9.17, 15) is 9.59 Å². The van der Waals surface area contributed by atoms with Crippen molar-refractivity contribution in [2.24, 2.45) is 0 Å². The van der Waals surface area contributed by atoms with E-state index in [1.54, 1.807) is 28.4 Å². The maximum atomic E-state index is 12.4. The molecule has 2 amide bonds. The molecule has 0 bridgehead atoms. The molecule has 6 nitrogen and oxygen atoms in total. The number of rotatable bonds is 4. The largest absolute Gasteiger partial charge is 0.472 e. The van der Waals surface area contributed by atoms with Crippen LogP contribution in [-0.2, 0) is 17.8 Å². The third kappa shape index (κ3) is 3.61. The topological polar surface area (TPSA) is 75.4 Å². The molecule has 132 valence electrons. The monoisotopic (exact) mass is 385 g/mol. The number of fused-ring (bicyclic) bond motifs is 1. The molecule has 8 heteroatoms. The van der Waals surface area contributed by atoms with E-state index in [2.05, 4.69) is 10.3 Å². The predicted octanol–water partition coefficient (Wildman–Crippen LogP) is 3.65. The Morgan fingerprint density at radius 1 is 1.35 bits per heavy atom. The zero-order valence-corrected chi connectivity index (χ0v) is 15.3. The van der Waals surface area contributed by atoms with Gasteiger partial charge in [-0.25, -0.2) is 4.98 Å². The summed E-state index contributed by atoms with van der Waals surface area (Å²) < 4.78 is 4.92. The Bertz CT molecular complexity index is 943. The normalized spacial score (nSPS) is 13.8. The van der Waals surface area contributed by atoms with Crippen molar-refractivity contribution in [1.29, 1.82) is 0 Å². The van der Waals surface area contributed by atoms with Crippen LogP contribution in [0.15, 0.2) is 46.6 Å². The lowest BCUT2D eigenvalue weighted by molar-refractivity contribution is -0.126. The summed E-state index contributed by atoms with van der Waals surface area (Å²) in [6.45, 7) is 1.14. The molecule has 3 aromatic rings. The highest BCUT2D eigenvalue weighted by molar-refractivity contribution is 7.15. The number of carbonyl (C=O) groups excluding carboxylic acids is 2. The molecule has 0 fully saturated rings. The standard InChI is InChI=1S/C18H15N3O3S2/c22-16(4-3-13-2-1-9-25-13)21-7-5-14-15(10-21)26-18(19-14)20-17(23)12-6-8-24-11-12/h1-4,6,8-9,11H,5,7,10H2,(H,19,20,23)/b4-3+. The molecular weight excluding hydrogens is 370 g/mol. The van der Waals surface area contributed by atoms with Crippen molar-refractivity contribution in [1.82, 2.24) is 9.88 Å². The third-order valence-electron chi connectivity index (χ3n) is 3.98. The van der Waals surface area contributed by atoms with Gasteiger partial charge in [0.15, 0.2) is 5.13 Å². The fourth-order valence-corrected chi connectivity index (χ4v) is 4.28. The van der Waals surface area contributed by atoms with Gasteiger partial charge in [-0.15, -0.1) is 11.3 Å². The summed E-state index contributed by atoms with van der Waals surface area (Å²) in [5.41, 5.74) is 1.40. The third-order valence-corrected chi connectivity index (χ3v) is 5.82. The zero-order chi connectivity index (χ0) is 17.9. The van der Waals surface area contributed by atoms with Crippen LogP contribution in [0, 0.1) is 0 Å². The van der Waals surface area contributed by atoms with E-state index in [0.29, 0.717) is 30.2 Å². The Balaban J connectivity index is 1.41. The second-order valence-electron chi connectivity index (χ2n) is 5.71. The summed E-state index contributed by atoms with van der Waals surface area (Å²) in [4.78, 5) is 32.8. The maximum Gasteiger partial charge on any atom is 0.260 e. The number of nitrogens with one attached hydrogen (secondary N) is 1. The highest BCUT2D eigenvalue weighted by Crippen LogP contribution is 2.29. The Labute approximate surface area is 157 Å². The number of furan rings is 1. The number of hydrogen-bond donors (Lipinski definition) is 1. The second-order valence-corrected chi connectivity index (χ2v) is 7.78. The van der Waals surface area contributed by atoms with Gasteiger partial charge in [-0.3, -0.25) is 14.9 Å². The van der Waals surface area contributed by atoms with Crippen LogP contribution in [0.25, 0.3) is 6.08 Å². The van der Waals surface area contributed by atoms with Crippen molar-refractivity contribution < 1.29 is 14.0 Å². The van der Waals surface area contributed by atoms with Crippen molar-refractivity contribution >= 4 is 45.7 Å². The second kappa shape index (κ2) is 7.27. The van der Waals surface area contributed by atoms with Crippen molar-refractivity contribution in [2.75, 3.05) is 11.9 Å². The first-order chi connectivity index (χ1) is 12.7. The maximum absolute atomic E-state index is 12.4. The first-order valence-corrected chi connectivity index (χ1v) is 9.71. The van der Waals surface area contributed by atoms with E-state index in [1.807, 2.05) is 23.6 Å². The van der Waals surface area contributed by atoms with Gasteiger partial charge in [0, 0.05) is 28.8 Å². The summed E-state index contributed by atoms with van der Waals surface area (Å²) in [6.07, 6.45) is 6.98. The van der Waals surface area contributed by atoms with Crippen molar-refractivity contribution in [3.8, 4) is 0 Å². The van der Waals surface area contributed by atoms with E-state index in [4.69, 9.17) is 4.42 Å². The lowest BCUT2D eigenvalue weighted by atomic mass is 10.2. The predicted molar refractivity (Wildman–Crippen MR) is 101 cm³/mol. The van der Waals surface area contributed by atoms with Crippen LogP contribution in [0.2, 0.25) is 0 Å². The van der Waals surface area contributed by atoms with Crippen molar-refractivity contribution in [3.05, 3.63) is 63.2 Å². The van der Waals surface area contributed by atoms with Crippen molar-refractivity contribution in [2.45, 2.75) is 13.0 Å². The molecule has 0 aliphatic carbocycles. The highest BCUT2D eigenvalue weighted by atomic mass is 32.1. The van der Waals surface area contributed by atoms with E-state index in [1.165, 1.54) is 23.9 Å². The Kier molecular flexibility index (Phi) is 4.68. The van der Waals surface area contributed by atoms with Crippen LogP contribution in [0.3, 0.4) is 0 Å². The van der Waals surface area contributed by atoms with Crippen LogP contribution in [0.1, 0.15) is 25.8 Å². The minimum atomic E-state index is -0.253. The number of thiazole rings is 1. The summed E-state index contributed by atoms with van der Waals surface area (Å²) in [5.74, 6) is -0.266. The van der Waals surface area contributed by atoms with Gasteiger partial charge >= 0.3 is 0 Å². The van der Waals surface area contributed by atoms with Gasteiger partial charge in [-0.05, 0) is 23.6 Å². The molecule has 0 spiro atoms. The Hall–Kier alpha value is -2.71. The molecule has 0 saturated heterocycles. The molecule has 0 unspecified atom stereocenters. The molecule has 0 aromatic carbocycles. The van der Waals surface area contributed by atoms with Gasteiger partial charge in [-0.2, -0.15) is 0 Å². The van der Waals surface area contributed by atoms with Crippen LogP contribution in [0.5, 0.6) is 0 Å². The van der Waals surface area contributed by atoms with Crippen LogP contribution < -0.4 is 5.32 Å². The zero-order valence-electron chi connectivity index (χ0n) is 13.7. The van der Waals surface area contributed by atoms with Gasteiger partial charge in [-0.1, -0.05) is 17.4 Å². The number of amides is 2. The molecule has 26 heavy (non-hydrogen) atoms. The smallest absolute Gasteiger partial charge is 0.260 e. The minimum absolute atomic E-state index is 0.0126. The molecule has 1 N–H and O–H groups in total. The Morgan fingerprint density at radius 3 is 3.04 bits per heavy atom. The first-order valence-electron chi connectivity index (χ1n) is 8.01. The molecular formula is C18H15N3O3S2. The van der Waals surface area contributed by atoms with E-state index < -0.39 is 0 Å². The fraction of sp³-hybridized carbons (Fsp3) is 0.167. The van der Waals surface area contributed by atoms with Gasteiger partial charge in [0.25, 0.3) is 5.91 Å². The molecule has 1 aliphatic rings. The minimum Gasteiger partial charge on any atom is -0.472 e. The van der Waals surface area contributed by atoms with Gasteiger partial charge in [0.05, 0.1) is 24.1 Å². The van der Waals surface area contributed by atoms with Gasteiger partial charge < -0.3 is 9.32 Å². The number of carbonyl (C=O) groups is 2.